The predicted octanol–water partition coefficient (Wildman–Crippen LogP) is 4.90. The summed E-state index contributed by atoms with van der Waals surface area (Å²) in [6.07, 6.45) is 1.56. The van der Waals surface area contributed by atoms with Gasteiger partial charge in [0.15, 0.2) is 11.5 Å². The monoisotopic (exact) mass is 597 g/mol. The molecule has 0 radical (unpaired) electrons. The molecule has 0 saturated carbocycles. The summed E-state index contributed by atoms with van der Waals surface area (Å²) < 4.78 is 40.0. The molecule has 9 nitrogen and oxygen atoms in total. The molecule has 0 spiro atoms. The van der Waals surface area contributed by atoms with Gasteiger partial charge in [-0.3, -0.25) is 9.00 Å². The van der Waals surface area contributed by atoms with Gasteiger partial charge in [0.1, 0.15) is 25.1 Å². The number of amides is 1. The van der Waals surface area contributed by atoms with Gasteiger partial charge in [-0.25, -0.2) is 9.18 Å². The SMILES string of the molecule is CC1=C(CC(=O)O)c2cc(F)ccc2/C1=C\c1ccc(S(C)=O)cc1.COc1ccccc1OCC(O)COC(N)=O. The average molecular weight is 598 g/mol. The maximum Gasteiger partial charge on any atom is 0.404 e. The van der Waals surface area contributed by atoms with E-state index in [1.54, 1.807) is 48.7 Å². The third kappa shape index (κ3) is 8.76. The number of carbonyl (C=O) groups excluding carboxylic acids is 1. The van der Waals surface area contributed by atoms with Gasteiger partial charge in [-0.05, 0) is 82.8 Å². The van der Waals surface area contributed by atoms with Gasteiger partial charge in [0.05, 0.1) is 13.5 Å². The lowest BCUT2D eigenvalue weighted by Gasteiger charge is -2.13. The zero-order chi connectivity index (χ0) is 30.8. The van der Waals surface area contributed by atoms with E-state index >= 15 is 0 Å². The Morgan fingerprint density at radius 1 is 1.02 bits per heavy atom. The summed E-state index contributed by atoms with van der Waals surface area (Å²) in [7, 11) is 0.486. The van der Waals surface area contributed by atoms with Crippen molar-refractivity contribution < 1.29 is 42.6 Å². The van der Waals surface area contributed by atoms with Crippen LogP contribution in [0.15, 0.2) is 77.2 Å². The van der Waals surface area contributed by atoms with E-state index in [0.29, 0.717) is 22.6 Å². The number of hydrogen-bond donors (Lipinski definition) is 3. The Labute approximate surface area is 245 Å². The van der Waals surface area contributed by atoms with E-state index in [2.05, 4.69) is 4.74 Å². The smallest absolute Gasteiger partial charge is 0.404 e. The molecule has 1 aliphatic rings. The average Bonchev–Trinajstić information content (AvgIpc) is 3.20. The maximum absolute atomic E-state index is 13.7. The molecular weight excluding hydrogens is 565 g/mol. The van der Waals surface area contributed by atoms with E-state index < -0.39 is 29.0 Å². The highest BCUT2D eigenvalue weighted by atomic mass is 32.2. The number of carbonyl (C=O) groups is 2. The van der Waals surface area contributed by atoms with Gasteiger partial charge >= 0.3 is 12.1 Å². The number of ether oxygens (including phenoxy) is 3. The number of methoxy groups -OCH3 is 1. The number of para-hydroxylation sites is 2. The van der Waals surface area contributed by atoms with Gasteiger partial charge < -0.3 is 30.2 Å². The van der Waals surface area contributed by atoms with Crippen molar-refractivity contribution in [1.29, 1.82) is 0 Å². The van der Waals surface area contributed by atoms with Crippen LogP contribution in [0.25, 0.3) is 17.2 Å². The number of aliphatic hydroxyl groups is 1. The first kappa shape index (κ1) is 32.0. The van der Waals surface area contributed by atoms with Crippen molar-refractivity contribution in [3.8, 4) is 11.5 Å². The van der Waals surface area contributed by atoms with Gasteiger partial charge in [-0.1, -0.05) is 30.3 Å². The fourth-order valence-electron chi connectivity index (χ4n) is 4.21. The molecule has 0 saturated heterocycles. The van der Waals surface area contributed by atoms with Crippen molar-refractivity contribution in [2.45, 2.75) is 24.3 Å². The first-order chi connectivity index (χ1) is 20.0. The molecule has 3 aromatic carbocycles. The minimum Gasteiger partial charge on any atom is -0.493 e. The van der Waals surface area contributed by atoms with Crippen molar-refractivity contribution in [2.75, 3.05) is 26.6 Å². The fourth-order valence-corrected chi connectivity index (χ4v) is 4.72. The lowest BCUT2D eigenvalue weighted by molar-refractivity contribution is -0.135. The van der Waals surface area contributed by atoms with Crippen LogP contribution >= 0.6 is 0 Å². The Morgan fingerprint density at radius 3 is 2.29 bits per heavy atom. The largest absolute Gasteiger partial charge is 0.493 e. The Kier molecular flexibility index (Phi) is 11.4. The minimum atomic E-state index is -1.04. The quantitative estimate of drug-likeness (QED) is 0.299. The van der Waals surface area contributed by atoms with E-state index in [-0.39, 0.29) is 25.5 Å². The number of aliphatic carboxylic acids is 1. The molecule has 11 heteroatoms. The van der Waals surface area contributed by atoms with Crippen LogP contribution in [0.5, 0.6) is 11.5 Å². The highest BCUT2D eigenvalue weighted by molar-refractivity contribution is 7.84. The normalized spacial score (nSPS) is 14.4. The van der Waals surface area contributed by atoms with Crippen LogP contribution in [0.1, 0.15) is 30.0 Å². The van der Waals surface area contributed by atoms with E-state index in [0.717, 1.165) is 27.2 Å². The minimum absolute atomic E-state index is 0.0202. The van der Waals surface area contributed by atoms with Crippen LogP contribution in [-0.2, 0) is 20.3 Å². The molecule has 42 heavy (non-hydrogen) atoms. The lowest BCUT2D eigenvalue weighted by Crippen LogP contribution is -2.27. The Bertz CT molecular complexity index is 1520. The highest BCUT2D eigenvalue weighted by Crippen LogP contribution is 2.43. The first-order valence-corrected chi connectivity index (χ1v) is 14.3. The molecule has 0 aromatic heterocycles. The topological polar surface area (TPSA) is 145 Å². The second-order valence-electron chi connectivity index (χ2n) is 9.19. The second kappa shape index (κ2) is 14.9. The predicted molar refractivity (Wildman–Crippen MR) is 158 cm³/mol. The molecule has 2 atom stereocenters. The number of fused-ring (bicyclic) bond motifs is 1. The van der Waals surface area contributed by atoms with Crippen LogP contribution in [0.3, 0.4) is 0 Å². The van der Waals surface area contributed by atoms with Crippen molar-refractivity contribution >= 4 is 40.1 Å². The standard InChI is InChI=1S/C20H17FO3S.C11H15NO5/c1-12-17(9-13-3-6-15(7-4-13)25(2)24)16-8-5-14(21)10-19(16)18(12)11-20(22)23;1-15-9-4-2-3-5-10(9)16-6-8(13)7-17-11(12)14/h3-10H,11H2,1-2H3,(H,22,23);2-5,8,13H,6-7H2,1H3,(H2,12,14)/b17-9-;. The molecule has 0 aliphatic heterocycles. The third-order valence-electron chi connectivity index (χ3n) is 6.22. The molecule has 1 aliphatic carbocycles. The van der Waals surface area contributed by atoms with E-state index in [9.17, 15) is 23.3 Å². The molecule has 3 aromatic rings. The third-order valence-corrected chi connectivity index (χ3v) is 7.16. The number of primary amides is 1. The van der Waals surface area contributed by atoms with Gasteiger partial charge in [0, 0.05) is 22.0 Å². The van der Waals surface area contributed by atoms with Gasteiger partial charge in [-0.2, -0.15) is 0 Å². The summed E-state index contributed by atoms with van der Waals surface area (Å²) in [6, 6.07) is 18.8. The number of carboxylic acids is 1. The number of hydrogen-bond acceptors (Lipinski definition) is 7. The van der Waals surface area contributed by atoms with Crippen LogP contribution in [0, 0.1) is 5.82 Å². The van der Waals surface area contributed by atoms with Crippen LogP contribution in [0.2, 0.25) is 0 Å². The molecule has 0 heterocycles. The van der Waals surface area contributed by atoms with E-state index in [1.807, 2.05) is 25.1 Å². The molecule has 2 unspecified atom stereocenters. The lowest BCUT2D eigenvalue weighted by atomic mass is 10.0. The number of benzene rings is 3. The van der Waals surface area contributed by atoms with E-state index in [1.165, 1.54) is 19.2 Å². The zero-order valence-corrected chi connectivity index (χ0v) is 24.2. The van der Waals surface area contributed by atoms with Gasteiger partial charge in [-0.15, -0.1) is 0 Å². The van der Waals surface area contributed by atoms with Crippen molar-refractivity contribution in [1.82, 2.24) is 0 Å². The van der Waals surface area contributed by atoms with Crippen molar-refractivity contribution in [3.63, 3.8) is 0 Å². The number of halogens is 1. The number of rotatable bonds is 10. The number of nitrogens with two attached hydrogens (primary N) is 1. The molecule has 0 bridgehead atoms. The van der Waals surface area contributed by atoms with Crippen molar-refractivity contribution in [3.05, 3.63) is 94.8 Å². The Morgan fingerprint density at radius 2 is 1.69 bits per heavy atom. The summed E-state index contributed by atoms with van der Waals surface area (Å²) in [5.41, 5.74) is 9.50. The number of aliphatic hydroxyl groups excluding tert-OH is 1. The van der Waals surface area contributed by atoms with Gasteiger partial charge in [0.25, 0.3) is 0 Å². The molecular formula is C31H32FNO8S. The van der Waals surface area contributed by atoms with E-state index in [4.69, 9.17) is 20.3 Å². The highest BCUT2D eigenvalue weighted by Gasteiger charge is 2.25. The summed E-state index contributed by atoms with van der Waals surface area (Å²) in [5.74, 6) is -0.255. The maximum atomic E-state index is 13.7. The molecule has 0 fully saturated rings. The van der Waals surface area contributed by atoms with Crippen LogP contribution < -0.4 is 15.2 Å². The summed E-state index contributed by atoms with van der Waals surface area (Å²) >= 11 is 0. The second-order valence-corrected chi connectivity index (χ2v) is 10.6. The molecule has 1 amide bonds. The number of allylic oxidation sites excluding steroid dienone is 2. The fraction of sp³-hybridized carbons (Fsp3) is 0.226. The Hall–Kier alpha value is -4.48. The Balaban J connectivity index is 0.000000250. The summed E-state index contributed by atoms with van der Waals surface area (Å²) in [5, 5.41) is 18.6. The molecule has 4 rings (SSSR count). The summed E-state index contributed by atoms with van der Waals surface area (Å²) in [4.78, 5) is 22.2. The van der Waals surface area contributed by atoms with Crippen LogP contribution in [0.4, 0.5) is 9.18 Å². The van der Waals surface area contributed by atoms with Crippen molar-refractivity contribution in [2.24, 2.45) is 5.73 Å². The number of carboxylic acid groups (broad SMARTS) is 1. The summed E-state index contributed by atoms with van der Waals surface area (Å²) in [6.45, 7) is 1.63. The molecule has 4 N–H and O–H groups in total. The molecule has 222 valence electrons. The first-order valence-electron chi connectivity index (χ1n) is 12.7. The van der Waals surface area contributed by atoms with Gasteiger partial charge in [0.2, 0.25) is 0 Å². The zero-order valence-electron chi connectivity index (χ0n) is 23.3. The van der Waals surface area contributed by atoms with Crippen LogP contribution in [-0.4, -0.2) is 59.2 Å².